The summed E-state index contributed by atoms with van der Waals surface area (Å²) >= 11 is 0. The first-order chi connectivity index (χ1) is 9.21. The van der Waals surface area contributed by atoms with Gasteiger partial charge in [-0.15, -0.1) is 0 Å². The molecule has 0 unspecified atom stereocenters. The normalized spacial score (nSPS) is 12.9. The number of amides is 1. The van der Waals surface area contributed by atoms with Gasteiger partial charge in [0, 0.05) is 6.07 Å². The summed E-state index contributed by atoms with van der Waals surface area (Å²) in [5, 5.41) is 2.63. The van der Waals surface area contributed by atoms with E-state index in [4.69, 9.17) is 10.5 Å². The molecule has 1 aromatic rings. The molecule has 0 saturated heterocycles. The van der Waals surface area contributed by atoms with E-state index < -0.39 is 17.7 Å². The SMILES string of the molecule is CC(C)(C)[C@H](N)C(=O)NCCOc1ccc(F)c(F)c1. The summed E-state index contributed by atoms with van der Waals surface area (Å²) in [6.07, 6.45) is 0. The molecule has 112 valence electrons. The summed E-state index contributed by atoms with van der Waals surface area (Å²) in [6.45, 7) is 5.99. The molecular weight excluding hydrogens is 266 g/mol. The molecule has 0 aromatic heterocycles. The van der Waals surface area contributed by atoms with Gasteiger partial charge in [0.15, 0.2) is 11.6 Å². The summed E-state index contributed by atoms with van der Waals surface area (Å²) < 4.78 is 30.8. The molecule has 0 aliphatic carbocycles. The number of hydrogen-bond acceptors (Lipinski definition) is 3. The predicted octanol–water partition coefficient (Wildman–Crippen LogP) is 1.83. The largest absolute Gasteiger partial charge is 0.492 e. The van der Waals surface area contributed by atoms with E-state index in [2.05, 4.69) is 5.32 Å². The topological polar surface area (TPSA) is 64.4 Å². The maximum absolute atomic E-state index is 12.9. The Kier molecular flexibility index (Phi) is 5.44. The van der Waals surface area contributed by atoms with E-state index in [1.165, 1.54) is 6.07 Å². The molecule has 20 heavy (non-hydrogen) atoms. The zero-order chi connectivity index (χ0) is 15.3. The van der Waals surface area contributed by atoms with Crippen molar-refractivity contribution in [1.82, 2.24) is 5.32 Å². The number of carbonyl (C=O) groups excluding carboxylic acids is 1. The van der Waals surface area contributed by atoms with Crippen LogP contribution in [0, 0.1) is 17.0 Å². The molecule has 0 aliphatic rings. The molecule has 0 bridgehead atoms. The van der Waals surface area contributed by atoms with Crippen LogP contribution >= 0.6 is 0 Å². The van der Waals surface area contributed by atoms with Gasteiger partial charge < -0.3 is 15.8 Å². The summed E-state index contributed by atoms with van der Waals surface area (Å²) in [4.78, 5) is 11.7. The Bertz CT molecular complexity index is 473. The number of halogens is 2. The van der Waals surface area contributed by atoms with Gasteiger partial charge in [0.05, 0.1) is 12.6 Å². The highest BCUT2D eigenvalue weighted by molar-refractivity contribution is 5.82. The molecule has 1 amide bonds. The van der Waals surface area contributed by atoms with Gasteiger partial charge >= 0.3 is 0 Å². The van der Waals surface area contributed by atoms with Gasteiger partial charge in [0.1, 0.15) is 12.4 Å². The van der Waals surface area contributed by atoms with Crippen molar-refractivity contribution in [1.29, 1.82) is 0 Å². The monoisotopic (exact) mass is 286 g/mol. The van der Waals surface area contributed by atoms with Gasteiger partial charge in [-0.1, -0.05) is 20.8 Å². The molecule has 1 rings (SSSR count). The van der Waals surface area contributed by atoms with Gasteiger partial charge in [-0.3, -0.25) is 4.79 Å². The van der Waals surface area contributed by atoms with Crippen molar-refractivity contribution in [2.24, 2.45) is 11.1 Å². The van der Waals surface area contributed by atoms with E-state index in [-0.39, 0.29) is 30.2 Å². The number of nitrogens with one attached hydrogen (secondary N) is 1. The second-order valence-corrected chi connectivity index (χ2v) is 5.56. The van der Waals surface area contributed by atoms with Gasteiger partial charge in [-0.25, -0.2) is 8.78 Å². The molecule has 0 aliphatic heterocycles. The second-order valence-electron chi connectivity index (χ2n) is 5.56. The van der Waals surface area contributed by atoms with E-state index in [0.717, 1.165) is 12.1 Å². The third-order valence-corrected chi connectivity index (χ3v) is 2.78. The van der Waals surface area contributed by atoms with Crippen LogP contribution in [0.3, 0.4) is 0 Å². The fraction of sp³-hybridized carbons (Fsp3) is 0.500. The molecule has 0 spiro atoms. The zero-order valence-corrected chi connectivity index (χ0v) is 11.9. The lowest BCUT2D eigenvalue weighted by atomic mass is 9.87. The highest BCUT2D eigenvalue weighted by Crippen LogP contribution is 2.17. The fourth-order valence-corrected chi connectivity index (χ4v) is 1.41. The molecule has 1 aromatic carbocycles. The Balaban J connectivity index is 2.35. The standard InChI is InChI=1S/C14H20F2N2O2/c1-14(2,3)12(17)13(19)18-6-7-20-9-4-5-10(15)11(16)8-9/h4-5,8,12H,6-7,17H2,1-3H3,(H,18,19)/t12-/m1/s1. The van der Waals surface area contributed by atoms with Crippen molar-refractivity contribution in [2.45, 2.75) is 26.8 Å². The third-order valence-electron chi connectivity index (χ3n) is 2.78. The maximum Gasteiger partial charge on any atom is 0.237 e. The smallest absolute Gasteiger partial charge is 0.237 e. The van der Waals surface area contributed by atoms with Crippen LogP contribution in [0.2, 0.25) is 0 Å². The molecule has 0 radical (unpaired) electrons. The summed E-state index contributed by atoms with van der Waals surface area (Å²) in [5.74, 6) is -1.97. The van der Waals surface area contributed by atoms with Crippen LogP contribution in [-0.2, 0) is 4.79 Å². The van der Waals surface area contributed by atoms with Crippen molar-refractivity contribution in [2.75, 3.05) is 13.2 Å². The van der Waals surface area contributed by atoms with Gasteiger partial charge in [-0.2, -0.15) is 0 Å². The summed E-state index contributed by atoms with van der Waals surface area (Å²) in [5.41, 5.74) is 5.45. The Labute approximate surface area is 117 Å². The van der Waals surface area contributed by atoms with Crippen molar-refractivity contribution in [3.8, 4) is 5.75 Å². The Hall–Kier alpha value is -1.69. The van der Waals surface area contributed by atoms with Crippen molar-refractivity contribution in [3.05, 3.63) is 29.8 Å². The first-order valence-corrected chi connectivity index (χ1v) is 6.33. The van der Waals surface area contributed by atoms with Crippen molar-refractivity contribution < 1.29 is 18.3 Å². The molecule has 3 N–H and O–H groups in total. The summed E-state index contributed by atoms with van der Waals surface area (Å²) in [7, 11) is 0. The van der Waals surface area contributed by atoms with Crippen molar-refractivity contribution >= 4 is 5.91 Å². The predicted molar refractivity (Wildman–Crippen MR) is 72.3 cm³/mol. The Morgan fingerprint density at radius 2 is 2.00 bits per heavy atom. The molecule has 1 atom stereocenters. The lowest BCUT2D eigenvalue weighted by Crippen LogP contribution is -2.49. The molecule has 0 heterocycles. The van der Waals surface area contributed by atoms with E-state index >= 15 is 0 Å². The van der Waals surface area contributed by atoms with Gasteiger partial charge in [-0.05, 0) is 17.5 Å². The van der Waals surface area contributed by atoms with Crippen LogP contribution in [-0.4, -0.2) is 25.1 Å². The van der Waals surface area contributed by atoms with Crippen LogP contribution in [0.4, 0.5) is 8.78 Å². The van der Waals surface area contributed by atoms with Gasteiger partial charge in [0.2, 0.25) is 5.91 Å². The van der Waals surface area contributed by atoms with E-state index in [9.17, 15) is 13.6 Å². The Morgan fingerprint density at radius 3 is 2.55 bits per heavy atom. The van der Waals surface area contributed by atoms with E-state index in [1.807, 2.05) is 20.8 Å². The van der Waals surface area contributed by atoms with Crippen LogP contribution in [0.25, 0.3) is 0 Å². The first-order valence-electron chi connectivity index (χ1n) is 6.33. The number of carbonyl (C=O) groups is 1. The quantitative estimate of drug-likeness (QED) is 0.812. The zero-order valence-electron chi connectivity index (χ0n) is 11.9. The van der Waals surface area contributed by atoms with Crippen LogP contribution in [0.1, 0.15) is 20.8 Å². The minimum Gasteiger partial charge on any atom is -0.492 e. The van der Waals surface area contributed by atoms with Crippen LogP contribution in [0.5, 0.6) is 5.75 Å². The lowest BCUT2D eigenvalue weighted by Gasteiger charge is -2.25. The minimum atomic E-state index is -0.971. The van der Waals surface area contributed by atoms with E-state index in [1.54, 1.807) is 0 Å². The molecule has 4 nitrogen and oxygen atoms in total. The number of rotatable bonds is 5. The lowest BCUT2D eigenvalue weighted by molar-refractivity contribution is -0.124. The minimum absolute atomic E-state index is 0.147. The number of hydrogen-bond donors (Lipinski definition) is 2. The summed E-state index contributed by atoms with van der Waals surface area (Å²) in [6, 6.07) is 2.64. The average molecular weight is 286 g/mol. The van der Waals surface area contributed by atoms with Gasteiger partial charge in [0.25, 0.3) is 0 Å². The number of nitrogens with two attached hydrogens (primary N) is 1. The van der Waals surface area contributed by atoms with Crippen molar-refractivity contribution in [3.63, 3.8) is 0 Å². The molecular formula is C14H20F2N2O2. The highest BCUT2D eigenvalue weighted by atomic mass is 19.2. The van der Waals surface area contributed by atoms with Crippen LogP contribution < -0.4 is 15.8 Å². The van der Waals surface area contributed by atoms with Crippen LogP contribution in [0.15, 0.2) is 18.2 Å². The van der Waals surface area contributed by atoms with E-state index in [0.29, 0.717) is 0 Å². The fourth-order valence-electron chi connectivity index (χ4n) is 1.41. The average Bonchev–Trinajstić information content (AvgIpc) is 2.36. The number of benzene rings is 1. The molecule has 0 saturated carbocycles. The third kappa shape index (κ3) is 4.77. The second kappa shape index (κ2) is 6.65. The first kappa shape index (κ1) is 16.4. The highest BCUT2D eigenvalue weighted by Gasteiger charge is 2.26. The number of ether oxygens (including phenoxy) is 1. The molecule has 6 heteroatoms. The maximum atomic E-state index is 12.9. The Morgan fingerprint density at radius 1 is 1.35 bits per heavy atom. The molecule has 0 fully saturated rings.